The second kappa shape index (κ2) is 8.17. The van der Waals surface area contributed by atoms with Crippen LogP contribution in [0.5, 0.6) is 5.75 Å². The number of aliphatic hydroxyl groups is 1. The Bertz CT molecular complexity index is 949. The van der Waals surface area contributed by atoms with Crippen LogP contribution in [0, 0.1) is 13.8 Å². The van der Waals surface area contributed by atoms with Crippen LogP contribution >= 0.6 is 0 Å². The molecule has 3 aromatic rings. The maximum absolute atomic E-state index is 12.2. The van der Waals surface area contributed by atoms with Gasteiger partial charge in [-0.25, -0.2) is 0 Å². The molecule has 0 fully saturated rings. The van der Waals surface area contributed by atoms with Gasteiger partial charge in [0.05, 0.1) is 0 Å². The highest BCUT2D eigenvalue weighted by Gasteiger charge is 2.07. The third kappa shape index (κ3) is 4.71. The smallest absolute Gasteiger partial charge is 0.252 e. The molecular weight excluding hydrogens is 328 g/mol. The third-order valence-corrected chi connectivity index (χ3v) is 4.21. The summed E-state index contributed by atoms with van der Waals surface area (Å²) in [6.45, 7) is 4.92. The van der Waals surface area contributed by atoms with Crippen LogP contribution in [0.25, 0.3) is 10.9 Å². The molecule has 1 aromatic heterocycles. The minimum absolute atomic E-state index is 0.110. The molecule has 0 saturated carbocycles. The zero-order valence-electron chi connectivity index (χ0n) is 15.1. The first kappa shape index (κ1) is 18.2. The van der Waals surface area contributed by atoms with Crippen molar-refractivity contribution in [1.82, 2.24) is 10.3 Å². The fourth-order valence-corrected chi connectivity index (χ4v) is 2.82. The molecule has 0 spiro atoms. The number of ether oxygens (including phenoxy) is 1. The van der Waals surface area contributed by atoms with Crippen LogP contribution in [0.2, 0.25) is 0 Å². The van der Waals surface area contributed by atoms with Gasteiger partial charge in [-0.15, -0.1) is 0 Å². The van der Waals surface area contributed by atoms with Gasteiger partial charge in [-0.2, -0.15) is 0 Å². The molecular formula is C21H24N2O3. The highest BCUT2D eigenvalue weighted by molar-refractivity contribution is 5.79. The summed E-state index contributed by atoms with van der Waals surface area (Å²) in [5.41, 5.74) is 3.59. The maximum Gasteiger partial charge on any atom is 0.252 e. The summed E-state index contributed by atoms with van der Waals surface area (Å²) in [6.07, 6.45) is -0.655. The van der Waals surface area contributed by atoms with Crippen molar-refractivity contribution in [3.05, 3.63) is 75.6 Å². The van der Waals surface area contributed by atoms with Crippen molar-refractivity contribution >= 4 is 10.9 Å². The topological polar surface area (TPSA) is 74.3 Å². The van der Waals surface area contributed by atoms with Crippen LogP contribution in [0.15, 0.2) is 53.3 Å². The molecule has 5 nitrogen and oxygen atoms in total. The molecule has 0 bridgehead atoms. The molecule has 1 heterocycles. The Morgan fingerprint density at radius 1 is 1.12 bits per heavy atom. The number of fused-ring (bicyclic) bond motifs is 1. The predicted molar refractivity (Wildman–Crippen MR) is 104 cm³/mol. The summed E-state index contributed by atoms with van der Waals surface area (Å²) in [6, 6.07) is 15.6. The fourth-order valence-electron chi connectivity index (χ4n) is 2.82. The highest BCUT2D eigenvalue weighted by Crippen LogP contribution is 2.13. The van der Waals surface area contributed by atoms with E-state index < -0.39 is 6.10 Å². The van der Waals surface area contributed by atoms with Crippen LogP contribution in [0.4, 0.5) is 0 Å². The lowest BCUT2D eigenvalue weighted by Gasteiger charge is -2.13. The van der Waals surface area contributed by atoms with Gasteiger partial charge in [0.1, 0.15) is 18.5 Å². The van der Waals surface area contributed by atoms with Crippen molar-refractivity contribution in [3.63, 3.8) is 0 Å². The van der Waals surface area contributed by atoms with Gasteiger partial charge in [-0.05, 0) is 54.6 Å². The van der Waals surface area contributed by atoms with E-state index in [4.69, 9.17) is 4.74 Å². The number of rotatable bonds is 7. The molecule has 3 N–H and O–H groups in total. The second-order valence-corrected chi connectivity index (χ2v) is 6.63. The maximum atomic E-state index is 12.2. The zero-order valence-corrected chi connectivity index (χ0v) is 15.1. The average Bonchev–Trinajstić information content (AvgIpc) is 2.60. The standard InChI is InChI=1S/C21H24N2O3/c1-14-4-3-5-19(8-14)26-13-18(24)12-22-11-17-10-16-7-6-15(2)9-20(16)23-21(17)25/h3-10,18,22,24H,11-13H2,1-2H3,(H,23,25)/t18-/m0/s1. The molecule has 0 radical (unpaired) electrons. The summed E-state index contributed by atoms with van der Waals surface area (Å²) in [7, 11) is 0. The fraction of sp³-hybridized carbons (Fsp3) is 0.286. The minimum atomic E-state index is -0.655. The molecule has 2 aromatic carbocycles. The van der Waals surface area contributed by atoms with Gasteiger partial charge in [0.25, 0.3) is 5.56 Å². The number of nitrogens with one attached hydrogen (secondary N) is 2. The van der Waals surface area contributed by atoms with Crippen molar-refractivity contribution < 1.29 is 9.84 Å². The molecule has 3 rings (SSSR count). The summed E-state index contributed by atoms with van der Waals surface area (Å²) in [4.78, 5) is 15.1. The Balaban J connectivity index is 1.52. The van der Waals surface area contributed by atoms with Crippen LogP contribution in [0.3, 0.4) is 0 Å². The zero-order chi connectivity index (χ0) is 18.5. The summed E-state index contributed by atoms with van der Waals surface area (Å²) >= 11 is 0. The van der Waals surface area contributed by atoms with Gasteiger partial charge in [0.15, 0.2) is 0 Å². The molecule has 0 aliphatic rings. The number of hydrogen-bond donors (Lipinski definition) is 3. The predicted octanol–water partition coefficient (Wildman–Crippen LogP) is 2.67. The Labute approximate surface area is 152 Å². The van der Waals surface area contributed by atoms with Crippen LogP contribution < -0.4 is 15.6 Å². The lowest BCUT2D eigenvalue weighted by Crippen LogP contribution is -2.32. The van der Waals surface area contributed by atoms with E-state index in [9.17, 15) is 9.90 Å². The van der Waals surface area contributed by atoms with E-state index in [0.717, 1.165) is 27.8 Å². The van der Waals surface area contributed by atoms with E-state index in [1.807, 2.05) is 62.4 Å². The van der Waals surface area contributed by atoms with E-state index in [-0.39, 0.29) is 12.2 Å². The summed E-state index contributed by atoms with van der Waals surface area (Å²) < 4.78 is 5.59. The molecule has 0 saturated heterocycles. The third-order valence-electron chi connectivity index (χ3n) is 4.21. The molecule has 5 heteroatoms. The van der Waals surface area contributed by atoms with E-state index in [1.54, 1.807) is 0 Å². The largest absolute Gasteiger partial charge is 0.491 e. The molecule has 1 atom stereocenters. The van der Waals surface area contributed by atoms with E-state index in [1.165, 1.54) is 0 Å². The van der Waals surface area contributed by atoms with E-state index >= 15 is 0 Å². The summed E-state index contributed by atoms with van der Waals surface area (Å²) in [5.74, 6) is 0.741. The van der Waals surface area contributed by atoms with Crippen molar-refractivity contribution in [1.29, 1.82) is 0 Å². The SMILES string of the molecule is Cc1cccc(OC[C@@H](O)CNCc2cc3ccc(C)cc3[nH]c2=O)c1. The van der Waals surface area contributed by atoms with E-state index in [2.05, 4.69) is 10.3 Å². The number of pyridine rings is 1. The number of aromatic nitrogens is 1. The Hall–Kier alpha value is -2.63. The van der Waals surface area contributed by atoms with Crippen molar-refractivity contribution in [2.24, 2.45) is 0 Å². The number of H-pyrrole nitrogens is 1. The van der Waals surface area contributed by atoms with Gasteiger partial charge in [-0.1, -0.05) is 24.3 Å². The molecule has 0 aliphatic heterocycles. The van der Waals surface area contributed by atoms with Gasteiger partial charge in [0.2, 0.25) is 0 Å². The molecule has 26 heavy (non-hydrogen) atoms. The van der Waals surface area contributed by atoms with Gasteiger partial charge in [0, 0.05) is 24.2 Å². The number of aromatic amines is 1. The van der Waals surface area contributed by atoms with Crippen molar-refractivity contribution in [3.8, 4) is 5.75 Å². The normalized spacial score (nSPS) is 12.3. The number of hydrogen-bond acceptors (Lipinski definition) is 4. The first-order chi connectivity index (χ1) is 12.5. The minimum Gasteiger partial charge on any atom is -0.491 e. The quantitative estimate of drug-likeness (QED) is 0.611. The van der Waals surface area contributed by atoms with Gasteiger partial charge < -0.3 is 20.1 Å². The Morgan fingerprint density at radius 2 is 1.92 bits per heavy atom. The molecule has 136 valence electrons. The first-order valence-electron chi connectivity index (χ1n) is 8.72. The lowest BCUT2D eigenvalue weighted by atomic mass is 10.1. The summed E-state index contributed by atoms with van der Waals surface area (Å²) in [5, 5.41) is 14.2. The van der Waals surface area contributed by atoms with E-state index in [0.29, 0.717) is 18.7 Å². The number of aliphatic hydroxyl groups excluding tert-OH is 1. The lowest BCUT2D eigenvalue weighted by molar-refractivity contribution is 0.106. The van der Waals surface area contributed by atoms with Crippen molar-refractivity contribution in [2.75, 3.05) is 13.2 Å². The first-order valence-corrected chi connectivity index (χ1v) is 8.72. The molecule has 0 unspecified atom stereocenters. The molecule has 0 aliphatic carbocycles. The van der Waals surface area contributed by atoms with Crippen LogP contribution in [0.1, 0.15) is 16.7 Å². The number of benzene rings is 2. The van der Waals surface area contributed by atoms with Crippen molar-refractivity contribution in [2.45, 2.75) is 26.5 Å². The second-order valence-electron chi connectivity index (χ2n) is 6.63. The Kier molecular flexibility index (Phi) is 5.71. The van der Waals surface area contributed by atoms with Crippen LogP contribution in [-0.2, 0) is 6.54 Å². The highest BCUT2D eigenvalue weighted by atomic mass is 16.5. The van der Waals surface area contributed by atoms with Gasteiger partial charge in [-0.3, -0.25) is 4.79 Å². The average molecular weight is 352 g/mol. The monoisotopic (exact) mass is 352 g/mol. The van der Waals surface area contributed by atoms with Gasteiger partial charge >= 0.3 is 0 Å². The van der Waals surface area contributed by atoms with Crippen LogP contribution in [-0.4, -0.2) is 29.3 Å². The Morgan fingerprint density at radius 3 is 2.73 bits per heavy atom. The molecule has 0 amide bonds. The number of aryl methyl sites for hydroxylation is 2.